The van der Waals surface area contributed by atoms with Gasteiger partial charge in [0, 0.05) is 31.5 Å². The van der Waals surface area contributed by atoms with E-state index in [1.54, 1.807) is 13.3 Å². The normalized spacial score (nSPS) is 18.4. The molecule has 24 heavy (non-hydrogen) atoms. The minimum absolute atomic E-state index is 0.231. The highest BCUT2D eigenvalue weighted by Crippen LogP contribution is 2.33. The molecule has 0 bridgehead atoms. The second kappa shape index (κ2) is 7.72. The zero-order chi connectivity index (χ0) is 16.9. The standard InChI is InChI=1S/C17H25N5O2/c1-12(2)22-9-4-5-14(22)17-20-16(21-24-17)13-6-7-15(19-11-13)18-8-10-23-3/h6-7,11-12,14H,4-5,8-10H2,1-3H3,(H,18,19)/t14-/m0/s1. The van der Waals surface area contributed by atoms with E-state index in [9.17, 15) is 0 Å². The smallest absolute Gasteiger partial charge is 0.244 e. The van der Waals surface area contributed by atoms with Crippen molar-refractivity contribution in [2.75, 3.05) is 32.1 Å². The Morgan fingerprint density at radius 3 is 3.00 bits per heavy atom. The van der Waals surface area contributed by atoms with E-state index < -0.39 is 0 Å². The third-order valence-electron chi connectivity index (χ3n) is 4.32. The van der Waals surface area contributed by atoms with Crippen molar-refractivity contribution in [3.8, 4) is 11.4 Å². The largest absolute Gasteiger partial charge is 0.383 e. The van der Waals surface area contributed by atoms with Crippen molar-refractivity contribution in [3.63, 3.8) is 0 Å². The number of likely N-dealkylation sites (tertiary alicyclic amines) is 1. The number of anilines is 1. The van der Waals surface area contributed by atoms with E-state index in [1.807, 2.05) is 12.1 Å². The summed E-state index contributed by atoms with van der Waals surface area (Å²) in [5, 5.41) is 7.32. The number of methoxy groups -OCH3 is 1. The summed E-state index contributed by atoms with van der Waals surface area (Å²) in [6, 6.07) is 4.57. The van der Waals surface area contributed by atoms with Gasteiger partial charge in [-0.2, -0.15) is 4.98 Å². The van der Waals surface area contributed by atoms with Crippen LogP contribution in [0.5, 0.6) is 0 Å². The Labute approximate surface area is 142 Å². The zero-order valence-corrected chi connectivity index (χ0v) is 14.5. The molecule has 1 aliphatic rings. The second-order valence-electron chi connectivity index (χ2n) is 6.30. The van der Waals surface area contributed by atoms with Crippen LogP contribution in [0.4, 0.5) is 5.82 Å². The number of nitrogens with zero attached hydrogens (tertiary/aromatic N) is 4. The van der Waals surface area contributed by atoms with Gasteiger partial charge in [-0.1, -0.05) is 5.16 Å². The average molecular weight is 331 g/mol. The lowest BCUT2D eigenvalue weighted by molar-refractivity contribution is 0.170. The molecule has 7 nitrogen and oxygen atoms in total. The van der Waals surface area contributed by atoms with E-state index in [0.717, 1.165) is 30.9 Å². The molecule has 2 aromatic rings. The average Bonchev–Trinajstić information content (AvgIpc) is 3.25. The maximum absolute atomic E-state index is 5.53. The number of nitrogens with one attached hydrogen (secondary N) is 1. The molecule has 1 N–H and O–H groups in total. The molecular weight excluding hydrogens is 306 g/mol. The quantitative estimate of drug-likeness (QED) is 0.782. The minimum atomic E-state index is 0.231. The third kappa shape index (κ3) is 3.73. The predicted octanol–water partition coefficient (Wildman–Crippen LogP) is 2.74. The maximum Gasteiger partial charge on any atom is 0.244 e. The van der Waals surface area contributed by atoms with Crippen molar-refractivity contribution in [3.05, 3.63) is 24.2 Å². The van der Waals surface area contributed by atoms with Gasteiger partial charge < -0.3 is 14.6 Å². The van der Waals surface area contributed by atoms with Crippen LogP contribution in [0.25, 0.3) is 11.4 Å². The van der Waals surface area contributed by atoms with Gasteiger partial charge in [-0.3, -0.25) is 4.90 Å². The molecule has 0 spiro atoms. The molecule has 0 amide bonds. The molecule has 1 aliphatic heterocycles. The number of aromatic nitrogens is 3. The number of ether oxygens (including phenoxy) is 1. The SMILES string of the molecule is COCCNc1ccc(-c2noc([C@@H]3CCCN3C(C)C)n2)cn1. The van der Waals surface area contributed by atoms with Gasteiger partial charge in [-0.15, -0.1) is 0 Å². The number of rotatable bonds is 7. The van der Waals surface area contributed by atoms with Gasteiger partial charge in [0.05, 0.1) is 12.6 Å². The van der Waals surface area contributed by atoms with Gasteiger partial charge in [-0.05, 0) is 45.4 Å². The summed E-state index contributed by atoms with van der Waals surface area (Å²) in [6.07, 6.45) is 4.00. The first-order chi connectivity index (χ1) is 11.7. The Bertz CT molecular complexity index is 641. The van der Waals surface area contributed by atoms with Crippen molar-refractivity contribution in [2.45, 2.75) is 38.8 Å². The molecule has 0 radical (unpaired) electrons. The van der Waals surface area contributed by atoms with Gasteiger partial charge in [0.2, 0.25) is 11.7 Å². The van der Waals surface area contributed by atoms with Crippen molar-refractivity contribution in [2.24, 2.45) is 0 Å². The van der Waals surface area contributed by atoms with Crippen molar-refractivity contribution < 1.29 is 9.26 Å². The summed E-state index contributed by atoms with van der Waals surface area (Å²) in [6.45, 7) is 6.86. The second-order valence-corrected chi connectivity index (χ2v) is 6.30. The fraction of sp³-hybridized carbons (Fsp3) is 0.588. The first kappa shape index (κ1) is 16.9. The number of pyridine rings is 1. The van der Waals surface area contributed by atoms with Crippen LogP contribution in [0, 0.1) is 0 Å². The lowest BCUT2D eigenvalue weighted by Crippen LogP contribution is -2.30. The highest BCUT2D eigenvalue weighted by molar-refractivity contribution is 5.55. The Morgan fingerprint density at radius 1 is 1.42 bits per heavy atom. The minimum Gasteiger partial charge on any atom is -0.383 e. The van der Waals surface area contributed by atoms with Crippen LogP contribution in [-0.4, -0.2) is 52.9 Å². The van der Waals surface area contributed by atoms with Gasteiger partial charge >= 0.3 is 0 Å². The summed E-state index contributed by atoms with van der Waals surface area (Å²) in [4.78, 5) is 11.4. The zero-order valence-electron chi connectivity index (χ0n) is 14.5. The Hall–Kier alpha value is -1.99. The van der Waals surface area contributed by atoms with E-state index in [1.165, 1.54) is 6.42 Å². The third-order valence-corrected chi connectivity index (χ3v) is 4.32. The highest BCUT2D eigenvalue weighted by Gasteiger charge is 2.32. The van der Waals surface area contributed by atoms with Crippen LogP contribution in [0.1, 0.15) is 38.6 Å². The predicted molar refractivity (Wildman–Crippen MR) is 91.7 cm³/mol. The molecule has 7 heteroatoms. The summed E-state index contributed by atoms with van der Waals surface area (Å²) in [5.74, 6) is 2.11. The monoisotopic (exact) mass is 331 g/mol. The number of hydrogen-bond acceptors (Lipinski definition) is 7. The Morgan fingerprint density at radius 2 is 2.29 bits per heavy atom. The molecule has 0 saturated carbocycles. The molecule has 3 heterocycles. The van der Waals surface area contributed by atoms with Gasteiger partial charge in [0.1, 0.15) is 5.82 Å². The number of hydrogen-bond donors (Lipinski definition) is 1. The van der Waals surface area contributed by atoms with E-state index in [2.05, 4.69) is 39.2 Å². The van der Waals surface area contributed by atoms with Crippen LogP contribution in [0.3, 0.4) is 0 Å². The molecule has 1 fully saturated rings. The molecule has 130 valence electrons. The van der Waals surface area contributed by atoms with Gasteiger partial charge in [0.15, 0.2) is 0 Å². The fourth-order valence-electron chi connectivity index (χ4n) is 3.07. The van der Waals surface area contributed by atoms with Crippen LogP contribution < -0.4 is 5.32 Å². The summed E-state index contributed by atoms with van der Waals surface area (Å²) in [7, 11) is 1.68. The van der Waals surface area contributed by atoms with Gasteiger partial charge in [-0.25, -0.2) is 4.98 Å². The maximum atomic E-state index is 5.53. The van der Waals surface area contributed by atoms with Crippen LogP contribution in [0.15, 0.2) is 22.9 Å². The first-order valence-electron chi connectivity index (χ1n) is 8.47. The molecule has 1 saturated heterocycles. The first-order valence-corrected chi connectivity index (χ1v) is 8.47. The summed E-state index contributed by atoms with van der Waals surface area (Å²) >= 11 is 0. The van der Waals surface area contributed by atoms with Gasteiger partial charge in [0.25, 0.3) is 0 Å². The van der Waals surface area contributed by atoms with Crippen molar-refractivity contribution >= 4 is 5.82 Å². The van der Waals surface area contributed by atoms with E-state index >= 15 is 0 Å². The van der Waals surface area contributed by atoms with Crippen molar-refractivity contribution in [1.29, 1.82) is 0 Å². The Balaban J connectivity index is 1.69. The molecular formula is C17H25N5O2. The molecule has 0 unspecified atom stereocenters. The van der Waals surface area contributed by atoms with Crippen LogP contribution in [0.2, 0.25) is 0 Å². The molecule has 3 rings (SSSR count). The Kier molecular flexibility index (Phi) is 5.42. The molecule has 0 aromatic carbocycles. The van der Waals surface area contributed by atoms with Crippen molar-refractivity contribution in [1.82, 2.24) is 20.0 Å². The lowest BCUT2D eigenvalue weighted by Gasteiger charge is -2.25. The van der Waals surface area contributed by atoms with E-state index in [4.69, 9.17) is 9.26 Å². The summed E-state index contributed by atoms with van der Waals surface area (Å²) in [5.41, 5.74) is 0.858. The topological polar surface area (TPSA) is 76.3 Å². The van der Waals surface area contributed by atoms with Crippen LogP contribution in [-0.2, 0) is 4.74 Å². The molecule has 0 aliphatic carbocycles. The van der Waals surface area contributed by atoms with Crippen LogP contribution >= 0.6 is 0 Å². The lowest BCUT2D eigenvalue weighted by atomic mass is 10.2. The molecule has 1 atom stereocenters. The fourth-order valence-corrected chi connectivity index (χ4v) is 3.07. The van der Waals surface area contributed by atoms with E-state index in [-0.39, 0.29) is 6.04 Å². The highest BCUT2D eigenvalue weighted by atomic mass is 16.5. The molecule has 2 aromatic heterocycles. The van der Waals surface area contributed by atoms with E-state index in [0.29, 0.717) is 24.4 Å². The summed E-state index contributed by atoms with van der Waals surface area (Å²) < 4.78 is 10.5.